The Kier molecular flexibility index (Phi) is 6.66. The number of rotatable bonds is 4. The fourth-order valence-electron chi connectivity index (χ4n) is 8.68. The fourth-order valence-corrected chi connectivity index (χ4v) is 8.68. The molecule has 4 aliphatic carbocycles. The van der Waals surface area contributed by atoms with Crippen molar-refractivity contribution < 1.29 is 25.2 Å². The Balaban J connectivity index is 0.00000256. The van der Waals surface area contributed by atoms with E-state index in [0.29, 0.717) is 18.3 Å². The van der Waals surface area contributed by atoms with E-state index in [-0.39, 0.29) is 59.3 Å². The lowest BCUT2D eigenvalue weighted by Gasteiger charge is -2.63. The molecule has 4 aliphatic rings. The molecule has 11 atom stereocenters. The molecule has 0 amide bonds. The molecule has 6 heteroatoms. The van der Waals surface area contributed by atoms with Crippen molar-refractivity contribution in [2.24, 2.45) is 46.3 Å². The van der Waals surface area contributed by atoms with Gasteiger partial charge in [0, 0.05) is 5.97 Å². The molecule has 30 heavy (non-hydrogen) atoms. The Labute approximate surface area is 181 Å². The van der Waals surface area contributed by atoms with E-state index < -0.39 is 12.1 Å². The van der Waals surface area contributed by atoms with Crippen LogP contribution in [0.2, 0.25) is 0 Å². The summed E-state index contributed by atoms with van der Waals surface area (Å²) < 4.78 is 0. The molecule has 0 heterocycles. The van der Waals surface area contributed by atoms with Crippen molar-refractivity contribution in [1.29, 1.82) is 0 Å². The highest BCUT2D eigenvalue weighted by molar-refractivity contribution is 5.64. The fraction of sp³-hybridized carbons (Fsp3) is 0.958. The molecule has 0 bridgehead atoms. The maximum atomic E-state index is 11.5. The zero-order valence-electron chi connectivity index (χ0n) is 19.2. The molecule has 6 nitrogen and oxygen atoms in total. The second kappa shape index (κ2) is 8.34. The van der Waals surface area contributed by atoms with E-state index >= 15 is 0 Å². The van der Waals surface area contributed by atoms with Gasteiger partial charge < -0.3 is 31.4 Å². The molecule has 174 valence electrons. The number of aliphatic carboxylic acids is 1. The Morgan fingerprint density at radius 2 is 1.77 bits per heavy atom. The summed E-state index contributed by atoms with van der Waals surface area (Å²) in [4.78, 5) is 11.0. The normalized spacial score (nSPS) is 51.1. The Hall–Kier alpha value is -0.690. The van der Waals surface area contributed by atoms with Gasteiger partial charge in [-0.2, -0.15) is 0 Å². The molecule has 2 unspecified atom stereocenters. The molecule has 0 aromatic rings. The van der Waals surface area contributed by atoms with Gasteiger partial charge in [0.25, 0.3) is 0 Å². The Bertz CT molecular complexity index is 643. The number of carboxylic acids is 1. The molecule has 4 saturated carbocycles. The van der Waals surface area contributed by atoms with Crippen LogP contribution in [0.5, 0.6) is 0 Å². The molecule has 0 aromatic heterocycles. The average Bonchev–Trinajstić information content (AvgIpc) is 3.01. The van der Waals surface area contributed by atoms with E-state index in [4.69, 9.17) is 0 Å². The van der Waals surface area contributed by atoms with Crippen molar-refractivity contribution in [3.63, 3.8) is 0 Å². The largest absolute Gasteiger partial charge is 0.550 e. The van der Waals surface area contributed by atoms with E-state index in [9.17, 15) is 25.2 Å². The number of quaternary nitrogens is 1. The van der Waals surface area contributed by atoms with Crippen LogP contribution in [0.3, 0.4) is 0 Å². The maximum Gasteiger partial charge on any atom is 0.0602 e. The standard InChI is InChI=1S/C24H40O5.H3N/c1-13(4-7-21(28)29)16-5-6-17-22-18(12-20(27)24(16,17)3)23(2)9-8-15(25)10-14(23)11-19(22)26;/h13-20,22,25-27H,4-12H2,1-3H3,(H,28,29);1H3/t13?,14?,15-,16-,17+,18+,19-,20+,22+,23+,24-;/m1./s1. The van der Waals surface area contributed by atoms with Crippen molar-refractivity contribution >= 4 is 5.97 Å². The van der Waals surface area contributed by atoms with Crippen LogP contribution in [0.15, 0.2) is 0 Å². The first-order chi connectivity index (χ1) is 13.6. The van der Waals surface area contributed by atoms with Crippen LogP contribution in [0.4, 0.5) is 0 Å². The van der Waals surface area contributed by atoms with Gasteiger partial charge in [-0.05, 0) is 104 Å². The van der Waals surface area contributed by atoms with Crippen LogP contribution >= 0.6 is 0 Å². The quantitative estimate of drug-likeness (QED) is 0.548. The molecule has 0 saturated heterocycles. The third kappa shape index (κ3) is 3.52. The van der Waals surface area contributed by atoms with Crippen molar-refractivity contribution in [3.05, 3.63) is 0 Å². The Morgan fingerprint density at radius 1 is 1.07 bits per heavy atom. The van der Waals surface area contributed by atoms with Crippen LogP contribution in [-0.2, 0) is 4.79 Å². The van der Waals surface area contributed by atoms with Crippen LogP contribution in [-0.4, -0.2) is 39.6 Å². The first-order valence-corrected chi connectivity index (χ1v) is 11.8. The van der Waals surface area contributed by atoms with E-state index in [1.54, 1.807) is 0 Å². The number of carbonyl (C=O) groups excluding carboxylic acids is 1. The highest BCUT2D eigenvalue weighted by Gasteiger charge is 2.65. The average molecular weight is 426 g/mol. The van der Waals surface area contributed by atoms with Crippen molar-refractivity contribution in [2.45, 2.75) is 96.9 Å². The summed E-state index contributed by atoms with van der Waals surface area (Å²) in [6, 6.07) is 0. The van der Waals surface area contributed by atoms with Gasteiger partial charge in [0.15, 0.2) is 0 Å². The summed E-state index contributed by atoms with van der Waals surface area (Å²) >= 11 is 0. The van der Waals surface area contributed by atoms with Crippen molar-refractivity contribution in [2.75, 3.05) is 0 Å². The predicted octanol–water partition coefficient (Wildman–Crippen LogP) is 2.49. The molecule has 0 radical (unpaired) electrons. The second-order valence-electron chi connectivity index (χ2n) is 11.4. The molecule has 0 spiro atoms. The summed E-state index contributed by atoms with van der Waals surface area (Å²) in [6.07, 6.45) is 5.72. The number of hydrogen-bond donors (Lipinski definition) is 4. The monoisotopic (exact) mass is 425 g/mol. The lowest BCUT2D eigenvalue weighted by Crippen LogP contribution is -2.62. The van der Waals surface area contributed by atoms with E-state index in [1.807, 2.05) is 0 Å². The highest BCUT2D eigenvalue weighted by Crippen LogP contribution is 2.68. The lowest BCUT2D eigenvalue weighted by molar-refractivity contribution is -0.306. The van der Waals surface area contributed by atoms with Gasteiger partial charge in [-0.15, -0.1) is 0 Å². The molecule has 7 N–H and O–H groups in total. The number of hydrogen-bond acceptors (Lipinski definition) is 5. The maximum absolute atomic E-state index is 11.5. The zero-order chi connectivity index (χ0) is 21.1. The van der Waals surface area contributed by atoms with Gasteiger partial charge in [-0.25, -0.2) is 0 Å². The predicted molar refractivity (Wildman–Crippen MR) is 113 cm³/mol. The van der Waals surface area contributed by atoms with Crippen LogP contribution in [0, 0.1) is 46.3 Å². The number of carbonyl (C=O) groups is 1. The van der Waals surface area contributed by atoms with Gasteiger partial charge in [-0.1, -0.05) is 20.8 Å². The SMILES string of the molecule is CC(CCC(=O)[O-])[C@H]1CC[C@H]2[C@@H]3[C@H](O)CC4C[C@H](O)CC[C@]4(C)[C@H]3C[C@H](O)[C@]12C.[NH4+]. The third-order valence-electron chi connectivity index (χ3n) is 10.3. The zero-order valence-corrected chi connectivity index (χ0v) is 19.2. The summed E-state index contributed by atoms with van der Waals surface area (Å²) in [5.41, 5.74) is -0.172. The Morgan fingerprint density at radius 3 is 2.43 bits per heavy atom. The molecule has 4 fully saturated rings. The van der Waals surface area contributed by atoms with Crippen LogP contribution in [0.25, 0.3) is 0 Å². The molecule has 4 rings (SSSR count). The van der Waals surface area contributed by atoms with Crippen LogP contribution in [0.1, 0.15) is 78.6 Å². The number of aliphatic hydroxyl groups excluding tert-OH is 3. The van der Waals surface area contributed by atoms with E-state index in [2.05, 4.69) is 20.8 Å². The third-order valence-corrected chi connectivity index (χ3v) is 10.3. The molecular weight excluding hydrogens is 382 g/mol. The number of carboxylic acid groups (broad SMARTS) is 1. The molecular formula is C24H43NO5. The van der Waals surface area contributed by atoms with Gasteiger partial charge in [0.2, 0.25) is 0 Å². The summed E-state index contributed by atoms with van der Waals surface area (Å²) in [5, 5.41) is 43.9. The minimum Gasteiger partial charge on any atom is -0.550 e. The summed E-state index contributed by atoms with van der Waals surface area (Å²) in [5.74, 6) is 0.635. The lowest BCUT2D eigenvalue weighted by atomic mass is 9.43. The summed E-state index contributed by atoms with van der Waals surface area (Å²) in [7, 11) is 0. The molecule has 0 aromatic carbocycles. The van der Waals surface area contributed by atoms with E-state index in [0.717, 1.165) is 44.9 Å². The van der Waals surface area contributed by atoms with Gasteiger partial charge in [-0.3, -0.25) is 0 Å². The minimum atomic E-state index is -0.998. The van der Waals surface area contributed by atoms with E-state index in [1.165, 1.54) is 0 Å². The van der Waals surface area contributed by atoms with Crippen LogP contribution < -0.4 is 11.3 Å². The van der Waals surface area contributed by atoms with Gasteiger partial charge >= 0.3 is 0 Å². The van der Waals surface area contributed by atoms with Gasteiger partial charge in [0.1, 0.15) is 0 Å². The minimum absolute atomic E-state index is 0. The number of aliphatic hydroxyl groups is 3. The molecule has 0 aliphatic heterocycles. The highest BCUT2D eigenvalue weighted by atomic mass is 16.4. The number of fused-ring (bicyclic) bond motifs is 5. The second-order valence-corrected chi connectivity index (χ2v) is 11.4. The smallest absolute Gasteiger partial charge is 0.0602 e. The first-order valence-electron chi connectivity index (χ1n) is 11.8. The topological polar surface area (TPSA) is 137 Å². The first kappa shape index (κ1) is 24.0. The summed E-state index contributed by atoms with van der Waals surface area (Å²) in [6.45, 7) is 6.67. The van der Waals surface area contributed by atoms with Crippen molar-refractivity contribution in [1.82, 2.24) is 6.15 Å². The van der Waals surface area contributed by atoms with Gasteiger partial charge in [0.05, 0.1) is 18.3 Å². The van der Waals surface area contributed by atoms with Crippen molar-refractivity contribution in [3.8, 4) is 0 Å².